The van der Waals surface area contributed by atoms with E-state index in [-0.39, 0.29) is 6.04 Å². The van der Waals surface area contributed by atoms with Crippen LogP contribution in [0.15, 0.2) is 36.4 Å². The predicted octanol–water partition coefficient (Wildman–Crippen LogP) is 3.37. The lowest BCUT2D eigenvalue weighted by molar-refractivity contribution is 0.382. The smallest absolute Gasteiger partial charge is 0.127 e. The number of ether oxygens (including phenoxy) is 2. The van der Waals surface area contributed by atoms with Gasteiger partial charge in [0, 0.05) is 0 Å². The maximum Gasteiger partial charge on any atom is 0.127 e. The molecule has 2 aromatic carbocycles. The van der Waals surface area contributed by atoms with Gasteiger partial charge in [0.25, 0.3) is 0 Å². The minimum atomic E-state index is -0.276. The summed E-state index contributed by atoms with van der Waals surface area (Å²) in [5.74, 6) is 1.49. The Morgan fingerprint density at radius 2 is 1.55 bits per heavy atom. The van der Waals surface area contributed by atoms with Crippen molar-refractivity contribution < 1.29 is 9.47 Å². The van der Waals surface area contributed by atoms with Crippen molar-refractivity contribution in [2.45, 2.75) is 19.9 Å². The molecule has 0 bridgehead atoms. The normalized spacial score (nSPS) is 12.1. The number of hydrogen-bond acceptors (Lipinski definition) is 3. The summed E-state index contributed by atoms with van der Waals surface area (Å²) in [6.07, 6.45) is 0. The van der Waals surface area contributed by atoms with Gasteiger partial charge >= 0.3 is 0 Å². The molecule has 0 amide bonds. The van der Waals surface area contributed by atoms with Crippen LogP contribution in [0.25, 0.3) is 0 Å². The largest absolute Gasteiger partial charge is 0.496 e. The Balaban J connectivity index is 2.55. The Hall–Kier alpha value is -2.00. The monoisotopic (exact) mass is 271 g/mol. The molecule has 2 aromatic rings. The van der Waals surface area contributed by atoms with E-state index in [1.807, 2.05) is 18.2 Å². The molecule has 2 N–H and O–H groups in total. The van der Waals surface area contributed by atoms with Gasteiger partial charge in [-0.05, 0) is 37.1 Å². The lowest BCUT2D eigenvalue weighted by Gasteiger charge is -2.21. The molecule has 0 saturated heterocycles. The zero-order chi connectivity index (χ0) is 14.7. The number of rotatable bonds is 4. The second-order valence-electron chi connectivity index (χ2n) is 4.91. The topological polar surface area (TPSA) is 44.5 Å². The van der Waals surface area contributed by atoms with Crippen molar-refractivity contribution in [3.8, 4) is 11.5 Å². The second kappa shape index (κ2) is 5.97. The first-order valence-corrected chi connectivity index (χ1v) is 6.62. The van der Waals surface area contributed by atoms with Crippen LogP contribution < -0.4 is 15.2 Å². The van der Waals surface area contributed by atoms with Crippen LogP contribution in [0.2, 0.25) is 0 Å². The molecule has 0 saturated carbocycles. The molecule has 0 aliphatic carbocycles. The Morgan fingerprint density at radius 3 is 2.05 bits per heavy atom. The van der Waals surface area contributed by atoms with Crippen LogP contribution in [0.5, 0.6) is 11.5 Å². The Bertz CT molecular complexity index is 586. The zero-order valence-electron chi connectivity index (χ0n) is 12.4. The highest BCUT2D eigenvalue weighted by Gasteiger charge is 2.20. The highest BCUT2D eigenvalue weighted by atomic mass is 16.5. The summed E-state index contributed by atoms with van der Waals surface area (Å²) >= 11 is 0. The molecule has 0 aromatic heterocycles. The minimum absolute atomic E-state index is 0.276. The lowest BCUT2D eigenvalue weighted by Crippen LogP contribution is -2.15. The lowest BCUT2D eigenvalue weighted by atomic mass is 9.93. The third-order valence-corrected chi connectivity index (χ3v) is 3.54. The second-order valence-corrected chi connectivity index (χ2v) is 4.91. The molecule has 0 aliphatic rings. The van der Waals surface area contributed by atoms with Crippen molar-refractivity contribution in [2.24, 2.45) is 5.73 Å². The van der Waals surface area contributed by atoms with Crippen LogP contribution in [0.1, 0.15) is 28.3 Å². The van der Waals surface area contributed by atoms with E-state index >= 15 is 0 Å². The fraction of sp³-hybridized carbons (Fsp3) is 0.294. The molecular weight excluding hydrogens is 250 g/mol. The Kier molecular flexibility index (Phi) is 4.30. The van der Waals surface area contributed by atoms with Crippen molar-refractivity contribution in [2.75, 3.05) is 14.2 Å². The van der Waals surface area contributed by atoms with Crippen LogP contribution in [-0.4, -0.2) is 14.2 Å². The first-order chi connectivity index (χ1) is 9.58. The van der Waals surface area contributed by atoms with Crippen LogP contribution in [0.4, 0.5) is 0 Å². The Morgan fingerprint density at radius 1 is 0.950 bits per heavy atom. The summed E-state index contributed by atoms with van der Waals surface area (Å²) in [7, 11) is 3.29. The molecule has 0 radical (unpaired) electrons. The molecule has 1 atom stereocenters. The molecule has 106 valence electrons. The molecule has 3 heteroatoms. The van der Waals surface area contributed by atoms with E-state index in [0.717, 1.165) is 22.6 Å². The molecule has 2 rings (SSSR count). The summed E-state index contributed by atoms with van der Waals surface area (Å²) in [6.45, 7) is 4.15. The van der Waals surface area contributed by atoms with Crippen molar-refractivity contribution >= 4 is 0 Å². The summed E-state index contributed by atoms with van der Waals surface area (Å²) in [4.78, 5) is 0. The maximum atomic E-state index is 6.46. The number of aryl methyl sites for hydroxylation is 2. The molecule has 3 nitrogen and oxygen atoms in total. The number of methoxy groups -OCH3 is 2. The van der Waals surface area contributed by atoms with E-state index in [4.69, 9.17) is 15.2 Å². The fourth-order valence-corrected chi connectivity index (χ4v) is 2.52. The zero-order valence-corrected chi connectivity index (χ0v) is 12.4. The van der Waals surface area contributed by atoms with E-state index in [1.54, 1.807) is 14.2 Å². The van der Waals surface area contributed by atoms with Gasteiger partial charge in [0.2, 0.25) is 0 Å². The van der Waals surface area contributed by atoms with E-state index in [2.05, 4.69) is 32.0 Å². The van der Waals surface area contributed by atoms with E-state index in [1.165, 1.54) is 11.1 Å². The third kappa shape index (κ3) is 2.63. The SMILES string of the molecule is COc1cccc(OC)c1C(N)c1ccc(C)cc1C. The van der Waals surface area contributed by atoms with Crippen molar-refractivity contribution in [3.63, 3.8) is 0 Å². The Labute approximate surface area is 120 Å². The van der Waals surface area contributed by atoms with E-state index in [0.29, 0.717) is 0 Å². The van der Waals surface area contributed by atoms with Gasteiger partial charge in [-0.1, -0.05) is 29.8 Å². The van der Waals surface area contributed by atoms with Crippen LogP contribution >= 0.6 is 0 Å². The number of benzene rings is 2. The van der Waals surface area contributed by atoms with E-state index in [9.17, 15) is 0 Å². The molecule has 1 unspecified atom stereocenters. The highest BCUT2D eigenvalue weighted by Crippen LogP contribution is 2.36. The molecule has 0 spiro atoms. The summed E-state index contributed by atoms with van der Waals surface area (Å²) in [5, 5.41) is 0. The van der Waals surface area contributed by atoms with Gasteiger partial charge in [-0.2, -0.15) is 0 Å². The highest BCUT2D eigenvalue weighted by molar-refractivity contribution is 5.51. The third-order valence-electron chi connectivity index (χ3n) is 3.54. The van der Waals surface area contributed by atoms with Gasteiger partial charge in [-0.15, -0.1) is 0 Å². The number of nitrogens with two attached hydrogens (primary N) is 1. The maximum absolute atomic E-state index is 6.46. The summed E-state index contributed by atoms with van der Waals surface area (Å²) in [5.41, 5.74) is 10.8. The average Bonchev–Trinajstić information content (AvgIpc) is 2.45. The van der Waals surface area contributed by atoms with Crippen LogP contribution in [0.3, 0.4) is 0 Å². The standard InChI is InChI=1S/C17H21NO2/c1-11-8-9-13(12(2)10-11)17(18)16-14(19-3)6-5-7-15(16)20-4/h5-10,17H,18H2,1-4H3. The molecule has 0 aliphatic heterocycles. The molecular formula is C17H21NO2. The molecule has 0 heterocycles. The minimum Gasteiger partial charge on any atom is -0.496 e. The predicted molar refractivity (Wildman–Crippen MR) is 81.5 cm³/mol. The first-order valence-electron chi connectivity index (χ1n) is 6.62. The van der Waals surface area contributed by atoms with Crippen molar-refractivity contribution in [3.05, 3.63) is 58.7 Å². The number of hydrogen-bond donors (Lipinski definition) is 1. The summed E-state index contributed by atoms with van der Waals surface area (Å²) < 4.78 is 10.9. The van der Waals surface area contributed by atoms with Gasteiger partial charge < -0.3 is 15.2 Å². The quantitative estimate of drug-likeness (QED) is 0.927. The van der Waals surface area contributed by atoms with Gasteiger partial charge in [0.05, 0.1) is 25.8 Å². The molecule has 20 heavy (non-hydrogen) atoms. The summed E-state index contributed by atoms with van der Waals surface area (Å²) in [6, 6.07) is 11.7. The first kappa shape index (κ1) is 14.4. The van der Waals surface area contributed by atoms with Crippen LogP contribution in [0, 0.1) is 13.8 Å². The van der Waals surface area contributed by atoms with Crippen molar-refractivity contribution in [1.29, 1.82) is 0 Å². The fourth-order valence-electron chi connectivity index (χ4n) is 2.52. The van der Waals surface area contributed by atoms with Gasteiger partial charge in [0.15, 0.2) is 0 Å². The molecule has 0 fully saturated rings. The van der Waals surface area contributed by atoms with Gasteiger partial charge in [0.1, 0.15) is 11.5 Å². The van der Waals surface area contributed by atoms with Crippen LogP contribution in [-0.2, 0) is 0 Å². The van der Waals surface area contributed by atoms with Gasteiger partial charge in [-0.25, -0.2) is 0 Å². The van der Waals surface area contributed by atoms with E-state index < -0.39 is 0 Å². The van der Waals surface area contributed by atoms with Gasteiger partial charge in [-0.3, -0.25) is 0 Å². The van der Waals surface area contributed by atoms with Crippen molar-refractivity contribution in [1.82, 2.24) is 0 Å². The average molecular weight is 271 g/mol.